The first-order chi connectivity index (χ1) is 6.06. The smallest absolute Gasteiger partial charge is 0.244 e. The molecule has 2 N–H and O–H groups in total. The zero-order valence-corrected chi connectivity index (χ0v) is 8.60. The summed E-state index contributed by atoms with van der Waals surface area (Å²) in [6.07, 6.45) is 0. The predicted molar refractivity (Wildman–Crippen MR) is 52.6 cm³/mol. The highest BCUT2D eigenvalue weighted by Crippen LogP contribution is 2.07. The van der Waals surface area contributed by atoms with Gasteiger partial charge in [0, 0.05) is 5.75 Å². The molecule has 0 spiro atoms. The Labute approximate surface area is 82.9 Å². The predicted octanol–water partition coefficient (Wildman–Crippen LogP) is -0.445. The van der Waals surface area contributed by atoms with Gasteiger partial charge in [0.25, 0.3) is 0 Å². The van der Waals surface area contributed by atoms with Crippen LogP contribution in [0.3, 0.4) is 0 Å². The molecule has 0 aromatic carbocycles. The number of piperazine rings is 1. The fourth-order valence-electron chi connectivity index (χ4n) is 1.24. The molecule has 4 nitrogen and oxygen atoms in total. The topological polar surface area (TPSA) is 58.2 Å². The molecule has 1 fully saturated rings. The largest absolute Gasteiger partial charge is 0.342 e. The summed E-state index contributed by atoms with van der Waals surface area (Å²) in [5, 5.41) is 5.29. The molecule has 1 saturated heterocycles. The lowest BCUT2D eigenvalue weighted by Crippen LogP contribution is -2.63. The fraction of sp³-hybridized carbons (Fsp3) is 0.750. The summed E-state index contributed by atoms with van der Waals surface area (Å²) in [5.41, 5.74) is 0. The van der Waals surface area contributed by atoms with Crippen LogP contribution in [0.15, 0.2) is 0 Å². The third kappa shape index (κ3) is 2.15. The Balaban J connectivity index is 2.67. The van der Waals surface area contributed by atoms with Crippen LogP contribution in [0.2, 0.25) is 0 Å². The zero-order chi connectivity index (χ0) is 10.0. The quantitative estimate of drug-likeness (QED) is 0.531. The Hall–Kier alpha value is -0.710. The summed E-state index contributed by atoms with van der Waals surface area (Å²) in [6, 6.07) is -0.880. The highest BCUT2D eigenvalue weighted by Gasteiger charge is 2.34. The van der Waals surface area contributed by atoms with Gasteiger partial charge in [-0.2, -0.15) is 12.6 Å². The Morgan fingerprint density at radius 3 is 2.38 bits per heavy atom. The number of hydrogen-bond acceptors (Lipinski definition) is 3. The standard InChI is InChI=1S/C8H14N2O2S/c1-4(2)6-8(12)9-5(3-13)7(11)10-6/h4-6,13H,3H2,1-2H3,(H,9,12)(H,10,11). The van der Waals surface area contributed by atoms with E-state index in [1.807, 2.05) is 13.8 Å². The van der Waals surface area contributed by atoms with Crippen LogP contribution in [-0.4, -0.2) is 29.7 Å². The Kier molecular flexibility index (Phi) is 3.19. The normalized spacial score (nSPS) is 28.6. The van der Waals surface area contributed by atoms with Gasteiger partial charge in [0.2, 0.25) is 11.8 Å². The van der Waals surface area contributed by atoms with Gasteiger partial charge in [0.1, 0.15) is 12.1 Å². The molecular formula is C8H14N2O2S. The van der Waals surface area contributed by atoms with Crippen LogP contribution in [0, 0.1) is 5.92 Å². The van der Waals surface area contributed by atoms with E-state index in [4.69, 9.17) is 0 Å². The van der Waals surface area contributed by atoms with Crippen LogP contribution in [0.4, 0.5) is 0 Å². The molecule has 2 atom stereocenters. The van der Waals surface area contributed by atoms with E-state index >= 15 is 0 Å². The third-order valence-corrected chi connectivity index (χ3v) is 2.43. The lowest BCUT2D eigenvalue weighted by Gasteiger charge is -2.30. The van der Waals surface area contributed by atoms with Crippen molar-refractivity contribution >= 4 is 24.4 Å². The van der Waals surface area contributed by atoms with E-state index in [1.165, 1.54) is 0 Å². The molecule has 1 aliphatic rings. The van der Waals surface area contributed by atoms with Crippen molar-refractivity contribution in [3.8, 4) is 0 Å². The molecule has 0 aromatic heterocycles. The summed E-state index contributed by atoms with van der Waals surface area (Å²) < 4.78 is 0. The molecular weight excluding hydrogens is 188 g/mol. The van der Waals surface area contributed by atoms with Gasteiger partial charge in [0.05, 0.1) is 0 Å². The average Bonchev–Trinajstić information content (AvgIpc) is 2.07. The maximum atomic E-state index is 11.4. The van der Waals surface area contributed by atoms with Gasteiger partial charge in [-0.1, -0.05) is 13.8 Å². The van der Waals surface area contributed by atoms with Gasteiger partial charge in [-0.25, -0.2) is 0 Å². The summed E-state index contributed by atoms with van der Waals surface area (Å²) in [4.78, 5) is 22.7. The lowest BCUT2D eigenvalue weighted by molar-refractivity contribution is -0.137. The van der Waals surface area contributed by atoms with Crippen LogP contribution in [0.1, 0.15) is 13.8 Å². The van der Waals surface area contributed by atoms with E-state index in [0.29, 0.717) is 5.75 Å². The fourth-order valence-corrected chi connectivity index (χ4v) is 1.50. The molecule has 2 unspecified atom stereocenters. The molecule has 1 heterocycles. The maximum absolute atomic E-state index is 11.4. The number of thiol groups is 1. The first-order valence-electron chi connectivity index (χ1n) is 4.28. The van der Waals surface area contributed by atoms with E-state index in [0.717, 1.165) is 0 Å². The van der Waals surface area contributed by atoms with Gasteiger partial charge < -0.3 is 10.6 Å². The summed E-state index contributed by atoms with van der Waals surface area (Å²) in [7, 11) is 0. The average molecular weight is 202 g/mol. The molecule has 2 amide bonds. The second kappa shape index (κ2) is 4.00. The number of amides is 2. The van der Waals surface area contributed by atoms with Crippen molar-refractivity contribution in [1.29, 1.82) is 0 Å². The van der Waals surface area contributed by atoms with Gasteiger partial charge in [-0.3, -0.25) is 9.59 Å². The SMILES string of the molecule is CC(C)C1NC(=O)C(CS)NC1=O. The van der Waals surface area contributed by atoms with E-state index < -0.39 is 12.1 Å². The summed E-state index contributed by atoms with van der Waals surface area (Å²) >= 11 is 3.97. The van der Waals surface area contributed by atoms with Gasteiger partial charge in [-0.15, -0.1) is 0 Å². The molecule has 5 heteroatoms. The minimum absolute atomic E-state index is 0.116. The highest BCUT2D eigenvalue weighted by atomic mass is 32.1. The molecule has 0 radical (unpaired) electrons. The summed E-state index contributed by atoms with van der Waals surface area (Å²) in [6.45, 7) is 3.79. The van der Waals surface area contributed by atoms with Crippen molar-refractivity contribution in [2.24, 2.45) is 5.92 Å². The van der Waals surface area contributed by atoms with Crippen molar-refractivity contribution in [3.05, 3.63) is 0 Å². The van der Waals surface area contributed by atoms with E-state index in [-0.39, 0.29) is 17.7 Å². The van der Waals surface area contributed by atoms with E-state index in [1.54, 1.807) is 0 Å². The Morgan fingerprint density at radius 2 is 1.92 bits per heavy atom. The molecule has 0 aliphatic carbocycles. The molecule has 13 heavy (non-hydrogen) atoms. The van der Waals surface area contributed by atoms with Crippen molar-refractivity contribution in [2.45, 2.75) is 25.9 Å². The molecule has 0 saturated carbocycles. The maximum Gasteiger partial charge on any atom is 0.244 e. The van der Waals surface area contributed by atoms with Crippen LogP contribution in [0.25, 0.3) is 0 Å². The van der Waals surface area contributed by atoms with Gasteiger partial charge in [0.15, 0.2) is 0 Å². The number of rotatable bonds is 2. The zero-order valence-electron chi connectivity index (χ0n) is 7.70. The molecule has 1 rings (SSSR count). The highest BCUT2D eigenvalue weighted by molar-refractivity contribution is 7.80. The van der Waals surface area contributed by atoms with Gasteiger partial charge in [-0.05, 0) is 5.92 Å². The van der Waals surface area contributed by atoms with Crippen molar-refractivity contribution in [1.82, 2.24) is 10.6 Å². The number of carbonyl (C=O) groups is 2. The first-order valence-corrected chi connectivity index (χ1v) is 4.91. The molecule has 74 valence electrons. The van der Waals surface area contributed by atoms with Crippen molar-refractivity contribution in [2.75, 3.05) is 5.75 Å². The third-order valence-electron chi connectivity index (χ3n) is 2.06. The van der Waals surface area contributed by atoms with Crippen LogP contribution < -0.4 is 10.6 Å². The monoisotopic (exact) mass is 202 g/mol. The van der Waals surface area contributed by atoms with Crippen molar-refractivity contribution in [3.63, 3.8) is 0 Å². The van der Waals surface area contributed by atoms with Crippen LogP contribution in [0.5, 0.6) is 0 Å². The number of nitrogens with one attached hydrogen (secondary N) is 2. The minimum atomic E-state index is -0.481. The van der Waals surface area contributed by atoms with E-state index in [2.05, 4.69) is 23.3 Å². The molecule has 0 bridgehead atoms. The number of carbonyl (C=O) groups excluding carboxylic acids is 2. The number of hydrogen-bond donors (Lipinski definition) is 3. The van der Waals surface area contributed by atoms with Gasteiger partial charge >= 0.3 is 0 Å². The van der Waals surface area contributed by atoms with Crippen molar-refractivity contribution < 1.29 is 9.59 Å². The van der Waals surface area contributed by atoms with Crippen LogP contribution in [-0.2, 0) is 9.59 Å². The Morgan fingerprint density at radius 1 is 1.31 bits per heavy atom. The molecule has 1 aliphatic heterocycles. The van der Waals surface area contributed by atoms with Crippen LogP contribution >= 0.6 is 12.6 Å². The minimum Gasteiger partial charge on any atom is -0.342 e. The second-order valence-corrected chi connectivity index (χ2v) is 3.84. The second-order valence-electron chi connectivity index (χ2n) is 3.47. The molecule has 0 aromatic rings. The summed E-state index contributed by atoms with van der Waals surface area (Å²) in [5.74, 6) is 0.189. The lowest BCUT2D eigenvalue weighted by atomic mass is 10.0. The van der Waals surface area contributed by atoms with E-state index in [9.17, 15) is 9.59 Å². The Bertz CT molecular complexity index is 230. The first kappa shape index (κ1) is 10.4.